The van der Waals surface area contributed by atoms with Crippen LogP contribution in [0.15, 0.2) is 40.9 Å². The summed E-state index contributed by atoms with van der Waals surface area (Å²) in [7, 11) is 1.64. The van der Waals surface area contributed by atoms with E-state index in [9.17, 15) is 4.39 Å². The summed E-state index contributed by atoms with van der Waals surface area (Å²) < 4.78 is 30.2. The molecule has 27 heavy (non-hydrogen) atoms. The van der Waals surface area contributed by atoms with Crippen LogP contribution in [0, 0.1) is 5.82 Å². The molecule has 0 aliphatic carbocycles. The van der Waals surface area contributed by atoms with Gasteiger partial charge in [-0.1, -0.05) is 12.1 Å². The van der Waals surface area contributed by atoms with Crippen molar-refractivity contribution in [2.45, 2.75) is 39.9 Å². The zero-order chi connectivity index (χ0) is 19.4. The molecule has 0 fully saturated rings. The third kappa shape index (κ3) is 4.34. The van der Waals surface area contributed by atoms with E-state index in [1.54, 1.807) is 19.2 Å². The second-order valence-corrected chi connectivity index (χ2v) is 6.50. The first-order valence-electron chi connectivity index (χ1n) is 8.93. The van der Waals surface area contributed by atoms with Crippen molar-refractivity contribution in [2.75, 3.05) is 7.11 Å². The van der Waals surface area contributed by atoms with Crippen LogP contribution in [0.1, 0.15) is 31.9 Å². The van der Waals surface area contributed by atoms with Crippen molar-refractivity contribution in [1.82, 2.24) is 10.1 Å². The molecular formula is C21H23FN2O3. The molecule has 0 amide bonds. The van der Waals surface area contributed by atoms with Crippen molar-refractivity contribution in [3.05, 3.63) is 53.3 Å². The fraction of sp³-hybridized carbons (Fsp3) is 0.333. The van der Waals surface area contributed by atoms with E-state index in [4.69, 9.17) is 14.0 Å². The normalized spacial score (nSPS) is 11.2. The number of hydrogen-bond donors (Lipinski definition) is 0. The summed E-state index contributed by atoms with van der Waals surface area (Å²) in [6, 6.07) is 10.5. The minimum absolute atomic E-state index is 0.0627. The van der Waals surface area contributed by atoms with Gasteiger partial charge in [-0.05, 0) is 62.2 Å². The summed E-state index contributed by atoms with van der Waals surface area (Å²) in [6.07, 6.45) is 0.662. The van der Waals surface area contributed by atoms with Crippen molar-refractivity contribution in [3.8, 4) is 28.6 Å². The van der Waals surface area contributed by atoms with Crippen LogP contribution in [0.5, 0.6) is 5.75 Å². The summed E-state index contributed by atoms with van der Waals surface area (Å²) in [5.41, 5.74) is 3.02. The molecule has 0 saturated heterocycles. The molecule has 1 aromatic heterocycles. The summed E-state index contributed by atoms with van der Waals surface area (Å²) in [5, 5.41) is 4.04. The molecule has 142 valence electrons. The maximum absolute atomic E-state index is 13.7. The molecule has 1 heterocycles. The maximum atomic E-state index is 13.7. The number of nitrogens with zero attached hydrogens (tertiary/aromatic N) is 2. The lowest BCUT2D eigenvalue weighted by atomic mass is 10.1. The van der Waals surface area contributed by atoms with Crippen LogP contribution in [0.2, 0.25) is 0 Å². The van der Waals surface area contributed by atoms with Crippen molar-refractivity contribution in [1.29, 1.82) is 0 Å². The first kappa shape index (κ1) is 19.0. The molecule has 0 aliphatic heterocycles. The molecule has 0 unspecified atom stereocenters. The Morgan fingerprint density at radius 2 is 1.81 bits per heavy atom. The van der Waals surface area contributed by atoms with Crippen LogP contribution in [0.25, 0.3) is 22.8 Å². The first-order chi connectivity index (χ1) is 13.0. The Morgan fingerprint density at radius 1 is 1.07 bits per heavy atom. The zero-order valence-electron chi connectivity index (χ0n) is 16.0. The van der Waals surface area contributed by atoms with Crippen molar-refractivity contribution < 1.29 is 18.4 Å². The van der Waals surface area contributed by atoms with Gasteiger partial charge >= 0.3 is 0 Å². The van der Waals surface area contributed by atoms with Gasteiger partial charge in [0.15, 0.2) is 0 Å². The number of methoxy groups -OCH3 is 1. The Bertz CT molecular complexity index is 922. The molecule has 6 heteroatoms. The lowest BCUT2D eigenvalue weighted by molar-refractivity contribution is 0.175. The van der Waals surface area contributed by atoms with Gasteiger partial charge in [0.1, 0.15) is 11.6 Å². The molecule has 0 atom stereocenters. The fourth-order valence-electron chi connectivity index (χ4n) is 2.79. The standard InChI is InChI=1S/C21H23FN2O3/c1-5-14-10-15(6-8-18(14)22)20-23-21(27-24-20)16-7-9-19(26-13(2)3)17(11-16)12-25-4/h6-11,13H,5,12H2,1-4H3. The van der Waals surface area contributed by atoms with E-state index in [-0.39, 0.29) is 11.9 Å². The Hall–Kier alpha value is -2.73. The van der Waals surface area contributed by atoms with E-state index in [0.29, 0.717) is 30.3 Å². The smallest absolute Gasteiger partial charge is 0.258 e. The van der Waals surface area contributed by atoms with Crippen LogP contribution >= 0.6 is 0 Å². The maximum Gasteiger partial charge on any atom is 0.258 e. The highest BCUT2D eigenvalue weighted by molar-refractivity contribution is 5.62. The number of halogens is 1. The SMILES string of the molecule is CCc1cc(-c2noc(-c3ccc(OC(C)C)c(COC)c3)n2)ccc1F. The van der Waals surface area contributed by atoms with Crippen LogP contribution in [0.3, 0.4) is 0 Å². The van der Waals surface area contributed by atoms with E-state index in [1.165, 1.54) is 6.07 Å². The summed E-state index contributed by atoms with van der Waals surface area (Å²) in [4.78, 5) is 4.47. The summed E-state index contributed by atoms with van der Waals surface area (Å²) in [6.45, 7) is 6.26. The fourth-order valence-corrected chi connectivity index (χ4v) is 2.79. The molecule has 0 radical (unpaired) electrons. The molecule has 3 aromatic rings. The average molecular weight is 370 g/mol. The quantitative estimate of drug-likeness (QED) is 0.583. The van der Waals surface area contributed by atoms with Gasteiger partial charge in [0.25, 0.3) is 5.89 Å². The predicted octanol–water partition coefficient (Wildman–Crippen LogP) is 5.04. The molecule has 2 aromatic carbocycles. The second kappa shape index (κ2) is 8.31. The van der Waals surface area contributed by atoms with Crippen molar-refractivity contribution in [2.24, 2.45) is 0 Å². The van der Waals surface area contributed by atoms with E-state index in [2.05, 4.69) is 10.1 Å². The van der Waals surface area contributed by atoms with Gasteiger partial charge < -0.3 is 14.0 Å². The lowest BCUT2D eigenvalue weighted by Crippen LogP contribution is -2.08. The molecule has 0 aliphatic rings. The topological polar surface area (TPSA) is 57.4 Å². The summed E-state index contributed by atoms with van der Waals surface area (Å²) in [5.74, 6) is 1.35. The van der Waals surface area contributed by atoms with E-state index in [1.807, 2.05) is 39.0 Å². The second-order valence-electron chi connectivity index (χ2n) is 6.50. The highest BCUT2D eigenvalue weighted by atomic mass is 19.1. The van der Waals surface area contributed by atoms with Gasteiger partial charge in [0, 0.05) is 23.8 Å². The van der Waals surface area contributed by atoms with Crippen LogP contribution in [-0.4, -0.2) is 23.4 Å². The Labute approximate surface area is 158 Å². The minimum Gasteiger partial charge on any atom is -0.491 e. The van der Waals surface area contributed by atoms with E-state index in [0.717, 1.165) is 22.4 Å². The third-order valence-corrected chi connectivity index (χ3v) is 4.08. The van der Waals surface area contributed by atoms with Gasteiger partial charge in [0.05, 0.1) is 12.7 Å². The highest BCUT2D eigenvalue weighted by Crippen LogP contribution is 2.29. The van der Waals surface area contributed by atoms with Gasteiger partial charge in [-0.15, -0.1) is 0 Å². The van der Waals surface area contributed by atoms with Crippen molar-refractivity contribution in [3.63, 3.8) is 0 Å². The largest absolute Gasteiger partial charge is 0.491 e. The molecule has 0 spiro atoms. The van der Waals surface area contributed by atoms with E-state index >= 15 is 0 Å². The highest BCUT2D eigenvalue weighted by Gasteiger charge is 2.15. The molecule has 0 N–H and O–H groups in total. The van der Waals surface area contributed by atoms with Crippen LogP contribution in [-0.2, 0) is 17.8 Å². The van der Waals surface area contributed by atoms with Crippen molar-refractivity contribution >= 4 is 0 Å². The van der Waals surface area contributed by atoms with Gasteiger partial charge in [0.2, 0.25) is 5.82 Å². The molecule has 0 saturated carbocycles. The molecule has 5 nitrogen and oxygen atoms in total. The molecular weight excluding hydrogens is 347 g/mol. The number of ether oxygens (including phenoxy) is 2. The van der Waals surface area contributed by atoms with Gasteiger partial charge in [-0.2, -0.15) is 4.98 Å². The number of aryl methyl sites for hydroxylation is 1. The average Bonchev–Trinajstić information content (AvgIpc) is 3.13. The van der Waals surface area contributed by atoms with Crippen LogP contribution < -0.4 is 4.74 Å². The number of hydrogen-bond acceptors (Lipinski definition) is 5. The van der Waals surface area contributed by atoms with Gasteiger partial charge in [-0.25, -0.2) is 4.39 Å². The number of rotatable bonds is 7. The predicted molar refractivity (Wildman–Crippen MR) is 101 cm³/mol. The Kier molecular flexibility index (Phi) is 5.86. The monoisotopic (exact) mass is 370 g/mol. The number of aromatic nitrogens is 2. The summed E-state index contributed by atoms with van der Waals surface area (Å²) >= 11 is 0. The van der Waals surface area contributed by atoms with Gasteiger partial charge in [-0.3, -0.25) is 0 Å². The first-order valence-corrected chi connectivity index (χ1v) is 8.93. The lowest BCUT2D eigenvalue weighted by Gasteiger charge is -2.14. The molecule has 3 rings (SSSR count). The Morgan fingerprint density at radius 3 is 2.52 bits per heavy atom. The zero-order valence-corrected chi connectivity index (χ0v) is 16.0. The Balaban J connectivity index is 1.93. The van der Waals surface area contributed by atoms with E-state index < -0.39 is 0 Å². The molecule has 0 bridgehead atoms. The minimum atomic E-state index is -0.227. The van der Waals surface area contributed by atoms with Crippen LogP contribution in [0.4, 0.5) is 4.39 Å². The number of benzene rings is 2. The third-order valence-electron chi connectivity index (χ3n) is 4.08.